The molecule has 0 N–H and O–H groups in total. The number of fused-ring (bicyclic) bond motifs is 1. The van der Waals surface area contributed by atoms with Gasteiger partial charge in [0.2, 0.25) is 4.96 Å². The number of aromatic nitrogens is 3. The first-order chi connectivity index (χ1) is 11.2. The van der Waals surface area contributed by atoms with Crippen LogP contribution in [0.25, 0.3) is 22.3 Å². The molecule has 112 valence electrons. The van der Waals surface area contributed by atoms with Crippen LogP contribution in [-0.2, 0) is 0 Å². The van der Waals surface area contributed by atoms with E-state index in [9.17, 15) is 9.59 Å². The maximum Gasteiger partial charge on any atom is 0.300 e. The van der Waals surface area contributed by atoms with Crippen LogP contribution in [0, 0.1) is 0 Å². The molecule has 23 heavy (non-hydrogen) atoms. The smallest absolute Gasteiger partial charge is 0.266 e. The summed E-state index contributed by atoms with van der Waals surface area (Å²) in [5.41, 5.74) is 0.137. The molecule has 5 nitrogen and oxygen atoms in total. The molecule has 0 atom stereocenters. The molecule has 3 heterocycles. The van der Waals surface area contributed by atoms with E-state index in [4.69, 9.17) is 0 Å². The predicted octanol–water partition coefficient (Wildman–Crippen LogP) is 1.79. The van der Waals surface area contributed by atoms with E-state index in [-0.39, 0.29) is 11.3 Å². The molecule has 1 aromatic carbocycles. The average molecular weight is 339 g/mol. The monoisotopic (exact) mass is 339 g/mol. The third-order valence-corrected chi connectivity index (χ3v) is 5.03. The molecule has 0 aliphatic rings. The van der Waals surface area contributed by atoms with Crippen LogP contribution in [0.4, 0.5) is 0 Å². The van der Waals surface area contributed by atoms with Gasteiger partial charge in [0, 0.05) is 10.4 Å². The molecule has 0 spiro atoms. The highest BCUT2D eigenvalue weighted by molar-refractivity contribution is 7.15. The van der Waals surface area contributed by atoms with Gasteiger partial charge in [0.15, 0.2) is 5.69 Å². The van der Waals surface area contributed by atoms with Crippen LogP contribution in [0.1, 0.15) is 4.88 Å². The zero-order valence-electron chi connectivity index (χ0n) is 11.7. The Morgan fingerprint density at radius 1 is 1.04 bits per heavy atom. The van der Waals surface area contributed by atoms with Gasteiger partial charge >= 0.3 is 5.56 Å². The Morgan fingerprint density at radius 3 is 2.61 bits per heavy atom. The average Bonchev–Trinajstić information content (AvgIpc) is 3.17. The highest BCUT2D eigenvalue weighted by atomic mass is 32.1. The number of nitrogens with zero attached hydrogens (tertiary/aromatic N) is 3. The van der Waals surface area contributed by atoms with Gasteiger partial charge in [-0.1, -0.05) is 47.7 Å². The fourth-order valence-electron chi connectivity index (χ4n) is 2.19. The number of benzene rings is 1. The number of thiophene rings is 1. The summed E-state index contributed by atoms with van der Waals surface area (Å²) in [4.78, 5) is 30.0. The lowest BCUT2D eigenvalue weighted by Crippen LogP contribution is -2.26. The van der Waals surface area contributed by atoms with E-state index in [1.165, 1.54) is 27.2 Å². The van der Waals surface area contributed by atoms with Crippen molar-refractivity contribution in [1.82, 2.24) is 14.6 Å². The molecule has 0 saturated heterocycles. The fraction of sp³-hybridized carbons (Fsp3) is 0. The van der Waals surface area contributed by atoms with Crippen LogP contribution in [-0.4, -0.2) is 14.6 Å². The van der Waals surface area contributed by atoms with E-state index in [1.807, 2.05) is 35.7 Å². The first-order valence-corrected chi connectivity index (χ1v) is 8.46. The first-order valence-electron chi connectivity index (χ1n) is 6.77. The second kappa shape index (κ2) is 5.53. The molecule has 0 fully saturated rings. The number of hydrogen-bond donors (Lipinski definition) is 0. The van der Waals surface area contributed by atoms with Gasteiger partial charge in [0.05, 0.1) is 4.53 Å². The summed E-state index contributed by atoms with van der Waals surface area (Å²) in [6.45, 7) is 0. The van der Waals surface area contributed by atoms with E-state index in [0.29, 0.717) is 15.1 Å². The second-order valence-corrected chi connectivity index (χ2v) is 6.75. The Hall–Kier alpha value is -2.64. The molecule has 0 radical (unpaired) electrons. The van der Waals surface area contributed by atoms with Crippen molar-refractivity contribution in [2.75, 3.05) is 0 Å². The standard InChI is InChI=1S/C16H9N3O2S2/c20-14-13(10-5-2-1-3-6-10)18-19-15(21)12(23-16(19)17-14)9-11-7-4-8-22-11/h1-9H/b12-9-. The van der Waals surface area contributed by atoms with Gasteiger partial charge in [-0.15, -0.1) is 11.3 Å². The molecule has 0 aliphatic carbocycles. The lowest BCUT2D eigenvalue weighted by atomic mass is 10.2. The van der Waals surface area contributed by atoms with Gasteiger partial charge in [0.1, 0.15) is 0 Å². The molecule has 0 unspecified atom stereocenters. The summed E-state index contributed by atoms with van der Waals surface area (Å²) in [6, 6.07) is 12.9. The number of rotatable bonds is 2. The van der Waals surface area contributed by atoms with Crippen LogP contribution in [0.3, 0.4) is 0 Å². The van der Waals surface area contributed by atoms with Gasteiger partial charge in [-0.25, -0.2) is 0 Å². The highest BCUT2D eigenvalue weighted by Crippen LogP contribution is 2.12. The minimum absolute atomic E-state index is 0.181. The molecular weight excluding hydrogens is 330 g/mol. The van der Waals surface area contributed by atoms with E-state index in [1.54, 1.807) is 18.2 Å². The minimum atomic E-state index is -0.430. The third-order valence-electron chi connectivity index (χ3n) is 3.25. The van der Waals surface area contributed by atoms with Crippen LogP contribution >= 0.6 is 22.7 Å². The van der Waals surface area contributed by atoms with E-state index in [0.717, 1.165) is 4.88 Å². The Kier molecular flexibility index (Phi) is 3.36. The maximum absolute atomic E-state index is 12.5. The van der Waals surface area contributed by atoms with Crippen LogP contribution in [0.2, 0.25) is 0 Å². The summed E-state index contributed by atoms with van der Waals surface area (Å²) in [5.74, 6) is 0. The number of hydrogen-bond acceptors (Lipinski definition) is 6. The predicted molar refractivity (Wildman–Crippen MR) is 91.9 cm³/mol. The van der Waals surface area contributed by atoms with Gasteiger partial charge in [-0.2, -0.15) is 14.6 Å². The van der Waals surface area contributed by atoms with Gasteiger partial charge < -0.3 is 0 Å². The van der Waals surface area contributed by atoms with Crippen molar-refractivity contribution in [2.24, 2.45) is 0 Å². The van der Waals surface area contributed by atoms with Crippen molar-refractivity contribution in [3.63, 3.8) is 0 Å². The molecule has 3 aromatic heterocycles. The molecule has 0 amide bonds. The SMILES string of the molecule is O=c1nc2s/c(=C\c3cccs3)c(=O)n2nc1-c1ccccc1. The zero-order chi connectivity index (χ0) is 15.8. The fourth-order valence-corrected chi connectivity index (χ4v) is 3.82. The largest absolute Gasteiger partial charge is 0.300 e. The molecule has 0 bridgehead atoms. The molecule has 7 heteroatoms. The summed E-state index contributed by atoms with van der Waals surface area (Å²) in [7, 11) is 0. The minimum Gasteiger partial charge on any atom is -0.266 e. The molecule has 0 aliphatic heterocycles. The van der Waals surface area contributed by atoms with E-state index < -0.39 is 5.56 Å². The normalized spacial score (nSPS) is 12.1. The lowest BCUT2D eigenvalue weighted by molar-refractivity contribution is 0.873. The third kappa shape index (κ3) is 2.49. The summed E-state index contributed by atoms with van der Waals surface area (Å²) >= 11 is 2.71. The quantitative estimate of drug-likeness (QED) is 0.558. The van der Waals surface area contributed by atoms with Crippen molar-refractivity contribution >= 4 is 33.7 Å². The summed E-state index contributed by atoms with van der Waals surface area (Å²) in [6.07, 6.45) is 1.79. The summed E-state index contributed by atoms with van der Waals surface area (Å²) in [5, 5.41) is 6.16. The Morgan fingerprint density at radius 2 is 1.87 bits per heavy atom. The van der Waals surface area contributed by atoms with Crippen molar-refractivity contribution < 1.29 is 0 Å². The summed E-state index contributed by atoms with van der Waals surface area (Å²) < 4.78 is 1.71. The van der Waals surface area contributed by atoms with Crippen molar-refractivity contribution in [3.05, 3.63) is 78.0 Å². The van der Waals surface area contributed by atoms with Crippen molar-refractivity contribution in [2.45, 2.75) is 0 Å². The number of thiazole rings is 1. The molecule has 4 aromatic rings. The Bertz CT molecular complexity index is 1150. The molecule has 0 saturated carbocycles. The van der Waals surface area contributed by atoms with Crippen molar-refractivity contribution in [1.29, 1.82) is 0 Å². The van der Waals surface area contributed by atoms with Gasteiger partial charge in [-0.3, -0.25) is 9.59 Å². The second-order valence-electron chi connectivity index (χ2n) is 4.76. The van der Waals surface area contributed by atoms with Crippen LogP contribution in [0.15, 0.2) is 57.4 Å². The zero-order valence-corrected chi connectivity index (χ0v) is 13.3. The Labute approximate surface area is 137 Å². The van der Waals surface area contributed by atoms with E-state index >= 15 is 0 Å². The highest BCUT2D eigenvalue weighted by Gasteiger charge is 2.12. The first kappa shape index (κ1) is 14.0. The Balaban J connectivity index is 1.98. The van der Waals surface area contributed by atoms with E-state index in [2.05, 4.69) is 10.1 Å². The van der Waals surface area contributed by atoms with Gasteiger partial charge in [-0.05, 0) is 17.5 Å². The maximum atomic E-state index is 12.5. The van der Waals surface area contributed by atoms with Crippen LogP contribution in [0.5, 0.6) is 0 Å². The molecule has 4 rings (SSSR count). The van der Waals surface area contributed by atoms with Crippen LogP contribution < -0.4 is 15.7 Å². The topological polar surface area (TPSA) is 64.3 Å². The van der Waals surface area contributed by atoms with Gasteiger partial charge in [0.25, 0.3) is 5.56 Å². The molecular formula is C16H9N3O2S2. The lowest BCUT2D eigenvalue weighted by Gasteiger charge is -1.98. The van der Waals surface area contributed by atoms with Crippen molar-refractivity contribution in [3.8, 4) is 11.3 Å².